The van der Waals surface area contributed by atoms with Crippen molar-refractivity contribution in [3.8, 4) is 0 Å². The zero-order valence-corrected chi connectivity index (χ0v) is 14.1. The smallest absolute Gasteiger partial charge is 0.335 e. The minimum absolute atomic E-state index is 0.0758. The molecule has 0 radical (unpaired) electrons. The Labute approximate surface area is 149 Å². The Morgan fingerprint density at radius 2 is 1.73 bits per heavy atom. The van der Waals surface area contributed by atoms with Crippen molar-refractivity contribution >= 4 is 23.5 Å². The predicted molar refractivity (Wildman–Crippen MR) is 92.7 cm³/mol. The summed E-state index contributed by atoms with van der Waals surface area (Å²) in [6.45, 7) is 0.319. The topological polar surface area (TPSA) is 77.9 Å². The number of carboxylic acid groups (broad SMARTS) is 1. The van der Waals surface area contributed by atoms with Crippen LogP contribution >= 0.6 is 0 Å². The second-order valence-corrected chi connectivity index (χ2v) is 6.04. The van der Waals surface area contributed by atoms with Crippen LogP contribution in [0.4, 0.5) is 10.1 Å². The first kappa shape index (κ1) is 17.6. The van der Waals surface area contributed by atoms with E-state index in [1.807, 2.05) is 0 Å². The first-order valence-electron chi connectivity index (χ1n) is 8.06. The van der Waals surface area contributed by atoms with Crippen molar-refractivity contribution in [2.24, 2.45) is 0 Å². The molecule has 0 saturated carbocycles. The lowest BCUT2D eigenvalue weighted by Crippen LogP contribution is -2.43. The fourth-order valence-electron chi connectivity index (χ4n) is 3.03. The number of carboxylic acids is 1. The van der Waals surface area contributed by atoms with Gasteiger partial charge in [0.1, 0.15) is 11.9 Å². The minimum atomic E-state index is -1.08. The number of amides is 2. The first-order valence-corrected chi connectivity index (χ1v) is 8.06. The van der Waals surface area contributed by atoms with Crippen molar-refractivity contribution in [3.63, 3.8) is 0 Å². The Morgan fingerprint density at radius 3 is 2.35 bits per heavy atom. The second kappa shape index (κ2) is 6.95. The number of nitrogens with zero attached hydrogens (tertiary/aromatic N) is 2. The van der Waals surface area contributed by atoms with E-state index in [4.69, 9.17) is 5.11 Å². The second-order valence-electron chi connectivity index (χ2n) is 6.04. The molecule has 0 spiro atoms. The maximum atomic E-state index is 13.9. The lowest BCUT2D eigenvalue weighted by atomic mass is 10.1. The summed E-state index contributed by atoms with van der Waals surface area (Å²) >= 11 is 0. The van der Waals surface area contributed by atoms with Crippen LogP contribution < -0.4 is 4.90 Å². The molecule has 1 saturated heterocycles. The van der Waals surface area contributed by atoms with Crippen molar-refractivity contribution in [1.82, 2.24) is 4.90 Å². The highest BCUT2D eigenvalue weighted by Crippen LogP contribution is 2.26. The minimum Gasteiger partial charge on any atom is -0.478 e. The zero-order valence-electron chi connectivity index (χ0n) is 14.1. The third kappa shape index (κ3) is 3.15. The van der Waals surface area contributed by atoms with Gasteiger partial charge in [0.15, 0.2) is 0 Å². The highest BCUT2D eigenvalue weighted by molar-refractivity contribution is 6.04. The van der Waals surface area contributed by atoms with E-state index in [0.29, 0.717) is 13.0 Å². The van der Waals surface area contributed by atoms with Crippen LogP contribution in [0.15, 0.2) is 48.5 Å². The van der Waals surface area contributed by atoms with Gasteiger partial charge in [0.25, 0.3) is 5.91 Å². The van der Waals surface area contributed by atoms with Gasteiger partial charge in [0, 0.05) is 19.2 Å². The van der Waals surface area contributed by atoms with Gasteiger partial charge in [-0.25, -0.2) is 9.18 Å². The van der Waals surface area contributed by atoms with Crippen LogP contribution in [0.2, 0.25) is 0 Å². The average Bonchev–Trinajstić information content (AvgIpc) is 3.02. The molecule has 7 heteroatoms. The molecule has 1 aliphatic heterocycles. The molecular formula is C19H17FN2O4. The number of rotatable bonds is 4. The first-order chi connectivity index (χ1) is 12.4. The number of likely N-dealkylation sites (N-methyl/N-ethyl adjacent to an activating group) is 1. The van der Waals surface area contributed by atoms with E-state index in [1.165, 1.54) is 53.2 Å². The maximum Gasteiger partial charge on any atom is 0.335 e. The molecule has 1 atom stereocenters. The number of halogens is 1. The monoisotopic (exact) mass is 356 g/mol. The molecule has 1 fully saturated rings. The molecule has 0 aromatic heterocycles. The lowest BCUT2D eigenvalue weighted by molar-refractivity contribution is -0.120. The normalized spacial score (nSPS) is 16.6. The van der Waals surface area contributed by atoms with Gasteiger partial charge in [-0.05, 0) is 42.8 Å². The molecule has 1 heterocycles. The Balaban J connectivity index is 1.77. The number of carbonyl (C=O) groups excluding carboxylic acids is 2. The van der Waals surface area contributed by atoms with Crippen LogP contribution in [0.3, 0.4) is 0 Å². The fraction of sp³-hybridized carbons (Fsp3) is 0.211. The molecule has 3 rings (SSSR count). The summed E-state index contributed by atoms with van der Waals surface area (Å²) in [5.41, 5.74) is 0.563. The summed E-state index contributed by atoms with van der Waals surface area (Å²) in [5.74, 6) is -2.30. The van der Waals surface area contributed by atoms with Crippen molar-refractivity contribution in [2.75, 3.05) is 18.5 Å². The van der Waals surface area contributed by atoms with E-state index in [1.54, 1.807) is 12.1 Å². The van der Waals surface area contributed by atoms with E-state index in [2.05, 4.69) is 0 Å². The van der Waals surface area contributed by atoms with Crippen LogP contribution in [0, 0.1) is 5.82 Å². The number of carbonyl (C=O) groups is 3. The Morgan fingerprint density at radius 1 is 1.12 bits per heavy atom. The molecule has 0 bridgehead atoms. The number of aromatic carboxylic acids is 1. The van der Waals surface area contributed by atoms with Gasteiger partial charge in [-0.2, -0.15) is 0 Å². The number of hydrogen-bond acceptors (Lipinski definition) is 3. The summed E-state index contributed by atoms with van der Waals surface area (Å²) in [7, 11) is 1.51. The number of para-hydroxylation sites is 1. The van der Waals surface area contributed by atoms with Crippen molar-refractivity contribution in [3.05, 3.63) is 65.5 Å². The molecule has 2 amide bonds. The number of anilines is 1. The van der Waals surface area contributed by atoms with Gasteiger partial charge in [-0.15, -0.1) is 0 Å². The molecular weight excluding hydrogens is 339 g/mol. The van der Waals surface area contributed by atoms with Gasteiger partial charge in [-0.3, -0.25) is 9.59 Å². The van der Waals surface area contributed by atoms with Gasteiger partial charge in [0.05, 0.1) is 11.3 Å². The molecule has 134 valence electrons. The number of hydrogen-bond donors (Lipinski definition) is 1. The van der Waals surface area contributed by atoms with Crippen LogP contribution in [0.25, 0.3) is 0 Å². The van der Waals surface area contributed by atoms with Gasteiger partial charge < -0.3 is 14.9 Å². The highest BCUT2D eigenvalue weighted by Gasteiger charge is 2.38. The average molecular weight is 356 g/mol. The molecule has 2 aromatic carbocycles. The molecule has 1 aliphatic rings. The van der Waals surface area contributed by atoms with E-state index in [0.717, 1.165) is 0 Å². The zero-order chi connectivity index (χ0) is 18.8. The predicted octanol–water partition coefficient (Wildman–Crippen LogP) is 2.40. The quantitative estimate of drug-likeness (QED) is 0.913. The Bertz CT molecular complexity index is 866. The summed E-state index contributed by atoms with van der Waals surface area (Å²) in [5, 5.41) is 8.91. The standard InChI is InChI=1S/C19H17FN2O4/c1-21(17(23)12-6-8-13(9-7-12)19(25)26)16-10-11-22(18(16)24)15-5-3-2-4-14(15)20/h2-9,16H,10-11H2,1H3,(H,25,26)/t16-/m0/s1. The third-order valence-electron chi connectivity index (χ3n) is 4.49. The lowest BCUT2D eigenvalue weighted by Gasteiger charge is -2.24. The van der Waals surface area contributed by atoms with E-state index < -0.39 is 23.7 Å². The van der Waals surface area contributed by atoms with Crippen molar-refractivity contribution < 1.29 is 23.9 Å². The Hall–Kier alpha value is -3.22. The summed E-state index contributed by atoms with van der Waals surface area (Å²) in [4.78, 5) is 38.8. The third-order valence-corrected chi connectivity index (χ3v) is 4.49. The van der Waals surface area contributed by atoms with E-state index in [9.17, 15) is 18.8 Å². The molecule has 0 aliphatic carbocycles. The molecule has 6 nitrogen and oxygen atoms in total. The molecule has 26 heavy (non-hydrogen) atoms. The molecule has 2 aromatic rings. The summed E-state index contributed by atoms with van der Waals surface area (Å²) in [6, 6.07) is 10.8. The SMILES string of the molecule is CN(C(=O)c1ccc(C(=O)O)cc1)[C@H]1CCN(c2ccccc2F)C1=O. The van der Waals surface area contributed by atoms with E-state index >= 15 is 0 Å². The number of benzene rings is 2. The Kier molecular flexibility index (Phi) is 4.71. The van der Waals surface area contributed by atoms with Crippen LogP contribution in [0.1, 0.15) is 27.1 Å². The van der Waals surface area contributed by atoms with Crippen molar-refractivity contribution in [2.45, 2.75) is 12.5 Å². The van der Waals surface area contributed by atoms with Gasteiger partial charge in [-0.1, -0.05) is 12.1 Å². The van der Waals surface area contributed by atoms with Gasteiger partial charge in [0.2, 0.25) is 5.91 Å². The largest absolute Gasteiger partial charge is 0.478 e. The summed E-state index contributed by atoms with van der Waals surface area (Å²) < 4.78 is 13.9. The van der Waals surface area contributed by atoms with Gasteiger partial charge >= 0.3 is 5.97 Å². The van der Waals surface area contributed by atoms with E-state index in [-0.39, 0.29) is 22.7 Å². The molecule has 1 N–H and O–H groups in total. The highest BCUT2D eigenvalue weighted by atomic mass is 19.1. The maximum absolute atomic E-state index is 13.9. The fourth-order valence-corrected chi connectivity index (χ4v) is 3.03. The van der Waals surface area contributed by atoms with Crippen LogP contribution in [-0.4, -0.2) is 47.4 Å². The van der Waals surface area contributed by atoms with Crippen molar-refractivity contribution in [1.29, 1.82) is 0 Å². The summed E-state index contributed by atoms with van der Waals surface area (Å²) in [6.07, 6.45) is 0.391. The molecule has 0 unspecified atom stereocenters. The van der Waals surface area contributed by atoms with Crippen LogP contribution in [0.5, 0.6) is 0 Å². The van der Waals surface area contributed by atoms with Crippen LogP contribution in [-0.2, 0) is 4.79 Å².